The van der Waals surface area contributed by atoms with Gasteiger partial charge in [0.25, 0.3) is 5.91 Å². The van der Waals surface area contributed by atoms with Crippen LogP contribution in [-0.4, -0.2) is 16.9 Å². The van der Waals surface area contributed by atoms with E-state index < -0.39 is 0 Å². The number of carbonyl (C=O) groups is 1. The molecule has 1 N–H and O–H groups in total. The maximum absolute atomic E-state index is 12.4. The van der Waals surface area contributed by atoms with E-state index in [1.807, 2.05) is 36.4 Å². The van der Waals surface area contributed by atoms with Gasteiger partial charge in [-0.1, -0.05) is 30.3 Å². The number of hydrogen-bond acceptors (Lipinski definition) is 4. The summed E-state index contributed by atoms with van der Waals surface area (Å²) in [5.41, 5.74) is 2.59. The van der Waals surface area contributed by atoms with E-state index >= 15 is 0 Å². The van der Waals surface area contributed by atoms with Crippen LogP contribution in [0.2, 0.25) is 0 Å². The summed E-state index contributed by atoms with van der Waals surface area (Å²) in [5.74, 6) is 0.494. The Balaban J connectivity index is 1.74. The van der Waals surface area contributed by atoms with Crippen LogP contribution in [0.25, 0.3) is 0 Å². The van der Waals surface area contributed by atoms with E-state index in [2.05, 4.69) is 41.2 Å². The van der Waals surface area contributed by atoms with Crippen molar-refractivity contribution in [3.05, 3.63) is 84.1 Å². The molecule has 0 saturated heterocycles. The van der Waals surface area contributed by atoms with E-state index in [9.17, 15) is 4.79 Å². The molecule has 0 aliphatic heterocycles. The standard InChI is InChI=1S/C21H23N3O2/c1-16(2)24(15-17-7-4-3-5-8-17)18-10-11-22-20(13-18)21(25)23-14-19-9-6-12-26-19/h3-13,16H,14-15H2,1-2H3,(H,23,25). The highest BCUT2D eigenvalue weighted by molar-refractivity contribution is 5.93. The summed E-state index contributed by atoms with van der Waals surface area (Å²) in [7, 11) is 0. The van der Waals surface area contributed by atoms with Gasteiger partial charge in [0.15, 0.2) is 0 Å². The van der Waals surface area contributed by atoms with Crippen LogP contribution in [0.1, 0.15) is 35.7 Å². The van der Waals surface area contributed by atoms with Crippen molar-refractivity contribution < 1.29 is 9.21 Å². The van der Waals surface area contributed by atoms with Gasteiger partial charge < -0.3 is 14.6 Å². The molecule has 5 nitrogen and oxygen atoms in total. The first-order chi connectivity index (χ1) is 12.6. The SMILES string of the molecule is CC(C)N(Cc1ccccc1)c1ccnc(C(=O)NCc2ccco2)c1. The monoisotopic (exact) mass is 349 g/mol. The molecule has 134 valence electrons. The highest BCUT2D eigenvalue weighted by Crippen LogP contribution is 2.20. The molecule has 2 heterocycles. The van der Waals surface area contributed by atoms with Gasteiger partial charge in [0, 0.05) is 24.5 Å². The third kappa shape index (κ3) is 4.51. The molecule has 3 rings (SSSR count). The van der Waals surface area contributed by atoms with Crippen LogP contribution in [0.15, 0.2) is 71.5 Å². The van der Waals surface area contributed by atoms with Crippen molar-refractivity contribution in [3.8, 4) is 0 Å². The van der Waals surface area contributed by atoms with E-state index in [1.165, 1.54) is 5.56 Å². The minimum atomic E-state index is -0.216. The molecule has 0 bridgehead atoms. The van der Waals surface area contributed by atoms with E-state index in [4.69, 9.17) is 4.42 Å². The summed E-state index contributed by atoms with van der Waals surface area (Å²) in [4.78, 5) is 18.9. The lowest BCUT2D eigenvalue weighted by molar-refractivity contribution is 0.0943. The first-order valence-corrected chi connectivity index (χ1v) is 8.70. The fourth-order valence-electron chi connectivity index (χ4n) is 2.75. The Morgan fingerprint density at radius 1 is 1.15 bits per heavy atom. The lowest BCUT2D eigenvalue weighted by atomic mass is 10.1. The minimum absolute atomic E-state index is 0.216. The second-order valence-corrected chi connectivity index (χ2v) is 6.37. The van der Waals surface area contributed by atoms with Gasteiger partial charge in [0.1, 0.15) is 11.5 Å². The van der Waals surface area contributed by atoms with Gasteiger partial charge in [-0.3, -0.25) is 9.78 Å². The molecular weight excluding hydrogens is 326 g/mol. The van der Waals surface area contributed by atoms with Gasteiger partial charge in [-0.05, 0) is 43.7 Å². The summed E-state index contributed by atoms with van der Waals surface area (Å²) in [6, 6.07) is 18.0. The first-order valence-electron chi connectivity index (χ1n) is 8.70. The number of furan rings is 1. The van der Waals surface area contributed by atoms with E-state index in [-0.39, 0.29) is 11.9 Å². The molecule has 0 saturated carbocycles. The van der Waals surface area contributed by atoms with Crippen molar-refractivity contribution in [3.63, 3.8) is 0 Å². The van der Waals surface area contributed by atoms with Crippen LogP contribution < -0.4 is 10.2 Å². The van der Waals surface area contributed by atoms with E-state index in [0.717, 1.165) is 12.2 Å². The number of carbonyl (C=O) groups excluding carboxylic acids is 1. The van der Waals surface area contributed by atoms with Crippen molar-refractivity contribution >= 4 is 11.6 Å². The van der Waals surface area contributed by atoms with Crippen LogP contribution in [0, 0.1) is 0 Å². The number of anilines is 1. The fraction of sp³-hybridized carbons (Fsp3) is 0.238. The minimum Gasteiger partial charge on any atom is -0.467 e. The lowest BCUT2D eigenvalue weighted by Crippen LogP contribution is -2.31. The molecular formula is C21H23N3O2. The number of amides is 1. The molecule has 0 spiro atoms. The van der Waals surface area contributed by atoms with Crippen LogP contribution in [-0.2, 0) is 13.1 Å². The topological polar surface area (TPSA) is 58.4 Å². The van der Waals surface area contributed by atoms with Crippen molar-refractivity contribution in [1.29, 1.82) is 0 Å². The Kier molecular flexibility index (Phi) is 5.69. The van der Waals surface area contributed by atoms with Crippen molar-refractivity contribution in [2.75, 3.05) is 4.90 Å². The van der Waals surface area contributed by atoms with Crippen molar-refractivity contribution in [2.24, 2.45) is 0 Å². The number of rotatable bonds is 7. The Bertz CT molecular complexity index is 829. The second-order valence-electron chi connectivity index (χ2n) is 6.37. The van der Waals surface area contributed by atoms with Gasteiger partial charge in [0.2, 0.25) is 0 Å². The van der Waals surface area contributed by atoms with Crippen LogP contribution in [0.5, 0.6) is 0 Å². The Morgan fingerprint density at radius 2 is 1.96 bits per heavy atom. The third-order valence-electron chi connectivity index (χ3n) is 4.13. The normalized spacial score (nSPS) is 10.7. The fourth-order valence-corrected chi connectivity index (χ4v) is 2.75. The lowest BCUT2D eigenvalue weighted by Gasteiger charge is -2.29. The quantitative estimate of drug-likeness (QED) is 0.700. The predicted octanol–water partition coefficient (Wildman–Crippen LogP) is 4.02. The number of nitrogens with zero attached hydrogens (tertiary/aromatic N) is 2. The predicted molar refractivity (Wildman–Crippen MR) is 102 cm³/mol. The van der Waals surface area contributed by atoms with E-state index in [1.54, 1.807) is 18.5 Å². The molecule has 3 aromatic rings. The molecule has 1 aromatic carbocycles. The van der Waals surface area contributed by atoms with Crippen LogP contribution >= 0.6 is 0 Å². The Morgan fingerprint density at radius 3 is 2.65 bits per heavy atom. The summed E-state index contributed by atoms with van der Waals surface area (Å²) < 4.78 is 5.24. The number of aromatic nitrogens is 1. The summed E-state index contributed by atoms with van der Waals surface area (Å²) in [6.07, 6.45) is 3.27. The molecule has 0 unspecified atom stereocenters. The maximum atomic E-state index is 12.4. The summed E-state index contributed by atoms with van der Waals surface area (Å²) >= 11 is 0. The summed E-state index contributed by atoms with van der Waals surface area (Å²) in [6.45, 7) is 5.39. The Hall–Kier alpha value is -3.08. The van der Waals surface area contributed by atoms with Gasteiger partial charge in [-0.2, -0.15) is 0 Å². The zero-order chi connectivity index (χ0) is 18.4. The number of hydrogen-bond donors (Lipinski definition) is 1. The first kappa shape index (κ1) is 17.7. The Labute approximate surface area is 153 Å². The second kappa shape index (κ2) is 8.34. The molecule has 26 heavy (non-hydrogen) atoms. The molecule has 0 atom stereocenters. The van der Waals surface area contributed by atoms with Crippen molar-refractivity contribution in [2.45, 2.75) is 33.0 Å². The third-order valence-corrected chi connectivity index (χ3v) is 4.13. The van der Waals surface area contributed by atoms with Gasteiger partial charge in [-0.25, -0.2) is 0 Å². The molecule has 0 fully saturated rings. The maximum Gasteiger partial charge on any atom is 0.270 e. The zero-order valence-electron chi connectivity index (χ0n) is 15.1. The number of nitrogens with one attached hydrogen (secondary N) is 1. The van der Waals surface area contributed by atoms with Crippen LogP contribution in [0.3, 0.4) is 0 Å². The van der Waals surface area contributed by atoms with Gasteiger partial charge in [0.05, 0.1) is 12.8 Å². The number of pyridine rings is 1. The zero-order valence-corrected chi connectivity index (χ0v) is 15.1. The molecule has 0 aliphatic carbocycles. The largest absolute Gasteiger partial charge is 0.467 e. The van der Waals surface area contributed by atoms with Gasteiger partial charge >= 0.3 is 0 Å². The van der Waals surface area contributed by atoms with Gasteiger partial charge in [-0.15, -0.1) is 0 Å². The summed E-state index contributed by atoms with van der Waals surface area (Å²) in [5, 5.41) is 2.83. The highest BCUT2D eigenvalue weighted by Gasteiger charge is 2.15. The number of benzene rings is 1. The highest BCUT2D eigenvalue weighted by atomic mass is 16.3. The molecule has 0 aliphatic rings. The van der Waals surface area contributed by atoms with Crippen LogP contribution in [0.4, 0.5) is 5.69 Å². The average Bonchev–Trinajstić information content (AvgIpc) is 3.18. The molecule has 5 heteroatoms. The molecule has 1 amide bonds. The molecule has 2 aromatic heterocycles. The molecule has 0 radical (unpaired) electrons. The van der Waals surface area contributed by atoms with E-state index in [0.29, 0.717) is 18.0 Å². The van der Waals surface area contributed by atoms with Crippen molar-refractivity contribution in [1.82, 2.24) is 10.3 Å². The average molecular weight is 349 g/mol. The smallest absolute Gasteiger partial charge is 0.270 e.